The second-order valence-electron chi connectivity index (χ2n) is 8.66. The number of pyridine rings is 1. The van der Waals surface area contributed by atoms with Crippen molar-refractivity contribution >= 4 is 44.9 Å². The van der Waals surface area contributed by atoms with Gasteiger partial charge in [0.15, 0.2) is 11.8 Å². The Balaban J connectivity index is 1.36. The Morgan fingerprint density at radius 1 is 1.12 bits per heavy atom. The summed E-state index contributed by atoms with van der Waals surface area (Å²) in [6.07, 6.45) is 3.30. The summed E-state index contributed by atoms with van der Waals surface area (Å²) < 4.78 is 2.36. The molecule has 9 heteroatoms. The lowest BCUT2D eigenvalue weighted by molar-refractivity contribution is -0.923. The summed E-state index contributed by atoms with van der Waals surface area (Å²) in [5.41, 5.74) is 3.38. The third-order valence-corrected chi connectivity index (χ3v) is 7.12. The molecule has 0 unspecified atom stereocenters. The van der Waals surface area contributed by atoms with Crippen LogP contribution < -0.4 is 9.80 Å². The number of benzene rings is 2. The van der Waals surface area contributed by atoms with E-state index in [2.05, 4.69) is 46.5 Å². The number of hydrogen-bond donors (Lipinski definition) is 1. The van der Waals surface area contributed by atoms with Gasteiger partial charge in [-0.15, -0.1) is 0 Å². The first-order chi connectivity index (χ1) is 16.0. The molecule has 5 rings (SSSR count). The Labute approximate surface area is 196 Å². The highest BCUT2D eigenvalue weighted by Gasteiger charge is 2.25. The van der Waals surface area contributed by atoms with Crippen molar-refractivity contribution in [2.45, 2.75) is 30.9 Å². The number of hydrogen-bond acceptors (Lipinski definition) is 6. The van der Waals surface area contributed by atoms with E-state index in [0.717, 1.165) is 54.6 Å². The Morgan fingerprint density at radius 2 is 1.91 bits per heavy atom. The molecule has 4 aromatic rings. The number of quaternary nitrogens is 1. The van der Waals surface area contributed by atoms with Crippen molar-refractivity contribution in [1.29, 1.82) is 0 Å². The topological polar surface area (TPSA) is 81.5 Å². The third-order valence-electron chi connectivity index (χ3n) is 6.12. The van der Waals surface area contributed by atoms with Gasteiger partial charge in [0.05, 0.1) is 47.5 Å². The second-order valence-corrected chi connectivity index (χ2v) is 10.2. The number of rotatable bonds is 6. The average molecular weight is 464 g/mol. The van der Waals surface area contributed by atoms with Gasteiger partial charge in [0.25, 0.3) is 5.69 Å². The lowest BCUT2D eigenvalue weighted by Gasteiger charge is -2.34. The summed E-state index contributed by atoms with van der Waals surface area (Å²) in [7, 11) is 0. The molecule has 0 radical (unpaired) electrons. The maximum Gasteiger partial charge on any atom is 0.278 e. The number of nitro benzene ring substituents is 1. The van der Waals surface area contributed by atoms with Gasteiger partial charge in [0.2, 0.25) is 0 Å². The van der Waals surface area contributed by atoms with Crippen molar-refractivity contribution in [2.75, 3.05) is 31.1 Å². The molecule has 2 aromatic carbocycles. The molecule has 0 aliphatic carbocycles. The Morgan fingerprint density at radius 3 is 2.67 bits per heavy atom. The molecule has 1 aliphatic heterocycles. The predicted molar refractivity (Wildman–Crippen MR) is 132 cm³/mol. The van der Waals surface area contributed by atoms with Crippen LogP contribution in [0.25, 0.3) is 21.8 Å². The van der Waals surface area contributed by atoms with Crippen LogP contribution in [0.15, 0.2) is 60.0 Å². The number of nitrogens with zero attached hydrogens (tertiary/aromatic N) is 5. The lowest BCUT2D eigenvalue weighted by Crippen LogP contribution is -3.14. The number of thioether (sulfide) groups is 1. The molecule has 0 spiro atoms. The molecule has 3 heterocycles. The minimum Gasteiger partial charge on any atom is -0.360 e. The van der Waals surface area contributed by atoms with Crippen LogP contribution in [-0.4, -0.2) is 50.9 Å². The molecule has 8 nitrogen and oxygen atoms in total. The first kappa shape index (κ1) is 21.7. The van der Waals surface area contributed by atoms with E-state index in [0.29, 0.717) is 10.6 Å². The van der Waals surface area contributed by atoms with Crippen LogP contribution in [0.4, 0.5) is 11.4 Å². The van der Waals surface area contributed by atoms with Gasteiger partial charge in [-0.25, -0.2) is 4.98 Å². The number of non-ortho nitro benzene ring substituents is 1. The number of fused-ring (bicyclic) bond motifs is 2. The van der Waals surface area contributed by atoms with E-state index >= 15 is 0 Å². The second kappa shape index (κ2) is 8.99. The quantitative estimate of drug-likeness (QED) is 0.268. The molecule has 1 saturated heterocycles. The standard InChI is InChI=1S/C24H26N6O2S/c1-17(2)33-24-26-20-5-3-4-6-23(20)29(24)16-27-11-13-28(14-12-27)21-7-8-22(30(31)32)19-15-25-10-9-18(19)21/h3-10,15,17H,11-14,16H2,1-2H3/p+1. The summed E-state index contributed by atoms with van der Waals surface area (Å²) in [6.45, 7) is 9.04. The summed E-state index contributed by atoms with van der Waals surface area (Å²) in [6, 6.07) is 13.7. The molecular formula is C24H27N6O2S+. The van der Waals surface area contributed by atoms with E-state index in [1.54, 1.807) is 18.5 Å². The highest BCUT2D eigenvalue weighted by atomic mass is 32.2. The Kier molecular flexibility index (Phi) is 5.90. The van der Waals surface area contributed by atoms with Crippen molar-refractivity contribution < 1.29 is 9.82 Å². The summed E-state index contributed by atoms with van der Waals surface area (Å²) in [5, 5.41) is 14.5. The van der Waals surface area contributed by atoms with Gasteiger partial charge in [-0.2, -0.15) is 0 Å². The molecule has 170 valence electrons. The van der Waals surface area contributed by atoms with Gasteiger partial charge in [-0.1, -0.05) is 37.7 Å². The van der Waals surface area contributed by atoms with E-state index in [1.165, 1.54) is 10.4 Å². The fourth-order valence-electron chi connectivity index (χ4n) is 4.55. The first-order valence-electron chi connectivity index (χ1n) is 11.2. The van der Waals surface area contributed by atoms with Gasteiger partial charge >= 0.3 is 0 Å². The van der Waals surface area contributed by atoms with E-state index < -0.39 is 0 Å². The van der Waals surface area contributed by atoms with Crippen LogP contribution in [0.1, 0.15) is 13.8 Å². The molecule has 0 saturated carbocycles. The zero-order valence-corrected chi connectivity index (χ0v) is 19.6. The zero-order chi connectivity index (χ0) is 22.9. The summed E-state index contributed by atoms with van der Waals surface area (Å²) in [4.78, 5) is 23.9. The molecule has 0 atom stereocenters. The molecule has 1 N–H and O–H groups in total. The molecule has 33 heavy (non-hydrogen) atoms. The van der Waals surface area contributed by atoms with Gasteiger partial charge in [0.1, 0.15) is 0 Å². The van der Waals surface area contributed by atoms with Crippen molar-refractivity contribution in [3.8, 4) is 0 Å². The number of nitrogens with one attached hydrogen (secondary N) is 1. The number of piperazine rings is 1. The lowest BCUT2D eigenvalue weighted by atomic mass is 10.1. The first-order valence-corrected chi connectivity index (χ1v) is 12.1. The number of para-hydroxylation sites is 2. The number of nitro groups is 1. The maximum atomic E-state index is 11.4. The number of aromatic nitrogens is 3. The van der Waals surface area contributed by atoms with Crippen molar-refractivity contribution in [2.24, 2.45) is 0 Å². The van der Waals surface area contributed by atoms with Gasteiger partial charge < -0.3 is 9.80 Å². The maximum absolute atomic E-state index is 11.4. The van der Waals surface area contributed by atoms with E-state index in [-0.39, 0.29) is 10.6 Å². The highest BCUT2D eigenvalue weighted by molar-refractivity contribution is 7.99. The Hall–Kier alpha value is -3.17. The van der Waals surface area contributed by atoms with Crippen molar-refractivity contribution in [3.05, 3.63) is 65.0 Å². The van der Waals surface area contributed by atoms with Crippen molar-refractivity contribution in [3.63, 3.8) is 0 Å². The summed E-state index contributed by atoms with van der Waals surface area (Å²) >= 11 is 1.81. The SMILES string of the molecule is CC(C)Sc1nc2ccccc2n1C[NH+]1CCN(c2ccc([N+](=O)[O-])c3cnccc23)CC1. The normalized spacial score (nSPS) is 15.1. The van der Waals surface area contributed by atoms with Crippen molar-refractivity contribution in [1.82, 2.24) is 14.5 Å². The van der Waals surface area contributed by atoms with Crippen LogP contribution >= 0.6 is 11.8 Å². The van der Waals surface area contributed by atoms with E-state index in [9.17, 15) is 10.1 Å². The van der Waals surface area contributed by atoms with Gasteiger partial charge in [0, 0.05) is 34.8 Å². The minimum absolute atomic E-state index is 0.105. The zero-order valence-electron chi connectivity index (χ0n) is 18.8. The summed E-state index contributed by atoms with van der Waals surface area (Å²) in [5.74, 6) is 0. The van der Waals surface area contributed by atoms with E-state index in [4.69, 9.17) is 4.98 Å². The number of anilines is 1. The highest BCUT2D eigenvalue weighted by Crippen LogP contribution is 2.33. The average Bonchev–Trinajstić information content (AvgIpc) is 3.15. The third kappa shape index (κ3) is 4.26. The smallest absolute Gasteiger partial charge is 0.278 e. The van der Waals surface area contributed by atoms with Crippen LogP contribution in [-0.2, 0) is 6.67 Å². The van der Waals surface area contributed by atoms with Crippen LogP contribution in [0, 0.1) is 10.1 Å². The molecular weight excluding hydrogens is 436 g/mol. The fraction of sp³-hybridized carbons (Fsp3) is 0.333. The molecule has 2 aromatic heterocycles. The largest absolute Gasteiger partial charge is 0.360 e. The Bertz CT molecular complexity index is 1310. The van der Waals surface area contributed by atoms with Crippen LogP contribution in [0.2, 0.25) is 0 Å². The predicted octanol–water partition coefficient (Wildman–Crippen LogP) is 3.36. The van der Waals surface area contributed by atoms with Crippen LogP contribution in [0.3, 0.4) is 0 Å². The molecule has 1 fully saturated rings. The fourth-order valence-corrected chi connectivity index (χ4v) is 5.41. The van der Waals surface area contributed by atoms with E-state index in [1.807, 2.05) is 30.0 Å². The van der Waals surface area contributed by atoms with Crippen LogP contribution in [0.5, 0.6) is 0 Å². The monoisotopic (exact) mass is 463 g/mol. The van der Waals surface area contributed by atoms with Gasteiger partial charge in [-0.05, 0) is 24.3 Å². The molecule has 0 bridgehead atoms. The number of imidazole rings is 1. The molecule has 0 amide bonds. The molecule has 1 aliphatic rings. The minimum atomic E-state index is -0.335. The van der Waals surface area contributed by atoms with Gasteiger partial charge in [-0.3, -0.25) is 19.7 Å².